The first-order valence-corrected chi connectivity index (χ1v) is 18.5. The molecular formula is C43H51NO10. The van der Waals surface area contributed by atoms with Gasteiger partial charge in [-0.05, 0) is 60.7 Å². The lowest BCUT2D eigenvalue weighted by Crippen LogP contribution is -2.71. The molecule has 2 saturated carbocycles. The Bertz CT molecular complexity index is 1850. The molecule has 0 spiro atoms. The van der Waals surface area contributed by atoms with Crippen molar-refractivity contribution in [3.63, 3.8) is 0 Å². The predicted octanol–water partition coefficient (Wildman–Crippen LogP) is 4.69. The molecule has 2 bridgehead atoms. The second-order valence-corrected chi connectivity index (χ2v) is 15.7. The first-order chi connectivity index (χ1) is 25.7. The van der Waals surface area contributed by atoms with Crippen LogP contribution in [-0.4, -0.2) is 87.6 Å². The second kappa shape index (κ2) is 15.4. The summed E-state index contributed by atoms with van der Waals surface area (Å²) in [6.07, 6.45) is -6.52. The Kier molecular flexibility index (Phi) is 11.2. The Morgan fingerprint density at radius 2 is 1.43 bits per heavy atom. The van der Waals surface area contributed by atoms with Crippen LogP contribution in [0.2, 0.25) is 0 Å². The molecule has 3 aromatic carbocycles. The van der Waals surface area contributed by atoms with Gasteiger partial charge in [-0.2, -0.15) is 0 Å². The number of carbonyl (C=O) groups is 3. The van der Waals surface area contributed by atoms with Crippen molar-refractivity contribution in [2.75, 3.05) is 7.11 Å². The van der Waals surface area contributed by atoms with E-state index in [1.54, 1.807) is 112 Å². The highest BCUT2D eigenvalue weighted by Crippen LogP contribution is 2.61. The standard InChI is InChI=1S/C43H51NO10/c1-25-30(53-40(50)35(46)33(26-16-9-6-10-17-26)44-38(48)27-18-11-7-12-19-27)24-43(51)37(54-39(49)28-20-13-8-14-21-28)32-29(52-5)22-15-23-42(32,4)36(47)34(45)31(25)41(43,2)3/h6-14,16-21,29-30,32-37,45-47,51H,15,22-24H2,1-5H3,(H,44,48)/t29-,30+,32+,33+,34-,35-,36+,37+,42-,43-/m1/s1. The van der Waals surface area contributed by atoms with E-state index < -0.39 is 82.9 Å². The van der Waals surface area contributed by atoms with Crippen LogP contribution in [0.25, 0.3) is 0 Å². The third-order valence-corrected chi connectivity index (χ3v) is 12.4. The van der Waals surface area contributed by atoms with Crippen molar-refractivity contribution in [2.24, 2.45) is 16.7 Å². The zero-order valence-electron chi connectivity index (χ0n) is 31.3. The Hall–Kier alpha value is -4.39. The highest BCUT2D eigenvalue weighted by atomic mass is 16.6. The number of methoxy groups -OCH3 is 1. The molecule has 0 aromatic heterocycles. The van der Waals surface area contributed by atoms with E-state index in [1.165, 1.54) is 7.11 Å². The Morgan fingerprint density at radius 3 is 2.02 bits per heavy atom. The quantitative estimate of drug-likeness (QED) is 0.153. The summed E-state index contributed by atoms with van der Waals surface area (Å²) in [4.78, 5) is 41.2. The van der Waals surface area contributed by atoms with Gasteiger partial charge < -0.3 is 40.0 Å². The van der Waals surface area contributed by atoms with Crippen LogP contribution in [-0.2, 0) is 19.0 Å². The number of hydrogen-bond acceptors (Lipinski definition) is 10. The molecule has 10 atom stereocenters. The molecule has 0 unspecified atom stereocenters. The number of ether oxygens (including phenoxy) is 3. The number of aliphatic hydroxyl groups is 4. The molecule has 11 heteroatoms. The monoisotopic (exact) mass is 741 g/mol. The van der Waals surface area contributed by atoms with Crippen LogP contribution >= 0.6 is 0 Å². The number of nitrogens with one attached hydrogen (secondary N) is 1. The van der Waals surface area contributed by atoms with E-state index in [0.717, 1.165) is 0 Å². The molecule has 0 heterocycles. The fraction of sp³-hybridized carbons (Fsp3) is 0.465. The first-order valence-electron chi connectivity index (χ1n) is 18.5. The van der Waals surface area contributed by atoms with Crippen LogP contribution < -0.4 is 5.32 Å². The third-order valence-electron chi connectivity index (χ3n) is 12.4. The summed E-state index contributed by atoms with van der Waals surface area (Å²) in [6.45, 7) is 6.93. The summed E-state index contributed by atoms with van der Waals surface area (Å²) < 4.78 is 18.4. The molecule has 3 aliphatic carbocycles. The Balaban J connectivity index is 1.41. The van der Waals surface area contributed by atoms with Gasteiger partial charge in [-0.15, -0.1) is 0 Å². The van der Waals surface area contributed by atoms with Gasteiger partial charge in [0.05, 0.1) is 23.8 Å². The van der Waals surface area contributed by atoms with Gasteiger partial charge in [-0.25, -0.2) is 9.59 Å². The zero-order chi connectivity index (χ0) is 39.0. The van der Waals surface area contributed by atoms with Gasteiger partial charge >= 0.3 is 11.9 Å². The van der Waals surface area contributed by atoms with E-state index >= 15 is 0 Å². The molecule has 54 heavy (non-hydrogen) atoms. The highest BCUT2D eigenvalue weighted by molar-refractivity contribution is 5.95. The third kappa shape index (κ3) is 6.88. The van der Waals surface area contributed by atoms with Crippen LogP contribution in [0, 0.1) is 16.7 Å². The number of benzene rings is 3. The lowest BCUT2D eigenvalue weighted by molar-refractivity contribution is -0.251. The van der Waals surface area contributed by atoms with E-state index in [9.17, 15) is 34.8 Å². The molecule has 3 aromatic rings. The fourth-order valence-corrected chi connectivity index (χ4v) is 9.31. The summed E-state index contributed by atoms with van der Waals surface area (Å²) in [6, 6.07) is 24.1. The summed E-state index contributed by atoms with van der Waals surface area (Å²) in [5.41, 5.74) is -2.75. The van der Waals surface area contributed by atoms with Gasteiger partial charge in [0.1, 0.15) is 23.9 Å². The number of carbonyl (C=O) groups excluding carboxylic acids is 3. The van der Waals surface area contributed by atoms with Crippen LogP contribution in [0.1, 0.15) is 85.7 Å². The molecule has 0 saturated heterocycles. The second-order valence-electron chi connectivity index (χ2n) is 15.7. The number of amides is 1. The minimum absolute atomic E-state index is 0.244. The minimum atomic E-state index is -2.00. The molecule has 6 rings (SSSR count). The molecule has 0 aliphatic heterocycles. The summed E-state index contributed by atoms with van der Waals surface area (Å²) in [7, 11) is 1.53. The molecule has 5 N–H and O–H groups in total. The summed E-state index contributed by atoms with van der Waals surface area (Å²) in [5.74, 6) is -3.10. The fourth-order valence-electron chi connectivity index (χ4n) is 9.31. The van der Waals surface area contributed by atoms with E-state index in [1.807, 2.05) is 6.92 Å². The minimum Gasteiger partial charge on any atom is -0.456 e. The molecule has 2 fully saturated rings. The van der Waals surface area contributed by atoms with Crippen molar-refractivity contribution in [2.45, 2.75) is 102 Å². The first kappa shape index (κ1) is 39.3. The maximum atomic E-state index is 14.1. The van der Waals surface area contributed by atoms with Gasteiger partial charge in [0, 0.05) is 35.8 Å². The van der Waals surface area contributed by atoms with Crippen molar-refractivity contribution in [1.29, 1.82) is 0 Å². The lowest BCUT2D eigenvalue weighted by Gasteiger charge is -2.62. The SMILES string of the molecule is CO[C@@H]1CCC[C@]2(C)[C@@H]1[C@H](OC(=O)c1ccccc1)[C@]1(O)C[C@H](OC(=O)[C@H](O)[C@@H](NC(=O)c3ccccc3)c3ccccc3)C(C)=C([C@@H](O)[C@@H]2O)C1(C)C. The highest BCUT2D eigenvalue weighted by Gasteiger charge is 2.68. The maximum Gasteiger partial charge on any atom is 0.338 e. The van der Waals surface area contributed by atoms with Crippen molar-refractivity contribution >= 4 is 17.8 Å². The van der Waals surface area contributed by atoms with Crippen molar-refractivity contribution in [3.05, 3.63) is 119 Å². The van der Waals surface area contributed by atoms with Gasteiger partial charge in [0.25, 0.3) is 5.91 Å². The van der Waals surface area contributed by atoms with E-state index in [-0.39, 0.29) is 17.6 Å². The maximum absolute atomic E-state index is 14.1. The predicted molar refractivity (Wildman–Crippen MR) is 199 cm³/mol. The molecule has 3 aliphatic rings. The summed E-state index contributed by atoms with van der Waals surface area (Å²) >= 11 is 0. The van der Waals surface area contributed by atoms with E-state index in [0.29, 0.717) is 36.0 Å². The number of rotatable bonds is 9. The van der Waals surface area contributed by atoms with Gasteiger partial charge in [-0.3, -0.25) is 4.79 Å². The number of hydrogen-bond donors (Lipinski definition) is 5. The van der Waals surface area contributed by atoms with Crippen molar-refractivity contribution in [1.82, 2.24) is 5.32 Å². The smallest absolute Gasteiger partial charge is 0.338 e. The number of esters is 2. The average Bonchev–Trinajstić information content (AvgIpc) is 3.18. The van der Waals surface area contributed by atoms with Crippen LogP contribution in [0.4, 0.5) is 0 Å². The van der Waals surface area contributed by atoms with Crippen LogP contribution in [0.5, 0.6) is 0 Å². The average molecular weight is 742 g/mol. The lowest BCUT2D eigenvalue weighted by atomic mass is 9.48. The van der Waals surface area contributed by atoms with Crippen LogP contribution in [0.15, 0.2) is 102 Å². The molecule has 288 valence electrons. The molecule has 11 nitrogen and oxygen atoms in total. The topological polar surface area (TPSA) is 172 Å². The van der Waals surface area contributed by atoms with E-state index in [4.69, 9.17) is 14.2 Å². The van der Waals surface area contributed by atoms with Gasteiger partial charge in [-0.1, -0.05) is 93.9 Å². The largest absolute Gasteiger partial charge is 0.456 e. The zero-order valence-corrected chi connectivity index (χ0v) is 31.3. The van der Waals surface area contributed by atoms with Gasteiger partial charge in [0.2, 0.25) is 0 Å². The van der Waals surface area contributed by atoms with Crippen LogP contribution in [0.3, 0.4) is 0 Å². The van der Waals surface area contributed by atoms with Crippen molar-refractivity contribution < 1.29 is 49.0 Å². The molecule has 1 amide bonds. The number of fused-ring (bicyclic) bond motifs is 3. The van der Waals surface area contributed by atoms with Crippen molar-refractivity contribution in [3.8, 4) is 0 Å². The Morgan fingerprint density at radius 1 is 0.852 bits per heavy atom. The van der Waals surface area contributed by atoms with Gasteiger partial charge in [0.15, 0.2) is 6.10 Å². The van der Waals surface area contributed by atoms with E-state index in [2.05, 4.69) is 5.32 Å². The molecule has 0 radical (unpaired) electrons. The summed E-state index contributed by atoms with van der Waals surface area (Å²) in [5, 5.41) is 51.9. The normalized spacial score (nSPS) is 31.5. The number of aliphatic hydroxyl groups excluding tert-OH is 3. The molecular weight excluding hydrogens is 690 g/mol. The Labute approximate surface area is 316 Å².